The highest BCUT2D eigenvalue weighted by molar-refractivity contribution is 9.11. The van der Waals surface area contributed by atoms with E-state index in [1.54, 1.807) is 11.3 Å². The Bertz CT molecular complexity index is 422. The first-order chi connectivity index (χ1) is 7.47. The van der Waals surface area contributed by atoms with E-state index in [4.69, 9.17) is 0 Å². The minimum Gasteiger partial charge on any atom is -0.313 e. The Morgan fingerprint density at radius 1 is 1.41 bits per heavy atom. The normalized spacial score (nSPS) is 11.2. The zero-order valence-corrected chi connectivity index (χ0v) is 13.4. The summed E-state index contributed by atoms with van der Waals surface area (Å²) in [6, 6.07) is 2.08. The van der Waals surface area contributed by atoms with Crippen molar-refractivity contribution in [2.24, 2.45) is 0 Å². The second kappa shape index (κ2) is 8.44. The maximum Gasteiger partial charge on any atom is 0.208 e. The number of hydrogen-bond acceptors (Lipinski definition) is 4. The van der Waals surface area contributed by atoms with Gasteiger partial charge in [-0.05, 0) is 45.9 Å². The predicted octanol–water partition coefficient (Wildman–Crippen LogP) is 1.96. The molecule has 0 aromatic carbocycles. The first-order valence-electron chi connectivity index (χ1n) is 4.85. The third-order valence-electron chi connectivity index (χ3n) is 1.85. The lowest BCUT2D eigenvalue weighted by molar-refractivity contribution is 0.579. The van der Waals surface area contributed by atoms with Gasteiger partial charge in [-0.3, -0.25) is 0 Å². The first-order valence-corrected chi connectivity index (χ1v) is 8.42. The molecule has 17 heavy (non-hydrogen) atoms. The Labute approximate surface area is 121 Å². The fourth-order valence-electron chi connectivity index (χ4n) is 1.14. The lowest BCUT2D eigenvalue weighted by atomic mass is 10.3. The van der Waals surface area contributed by atoms with Crippen LogP contribution < -0.4 is 10.0 Å². The summed E-state index contributed by atoms with van der Waals surface area (Å²) in [5, 5.41) is 5.34. The zero-order chi connectivity index (χ0) is 12.0. The van der Waals surface area contributed by atoms with Crippen molar-refractivity contribution >= 4 is 49.7 Å². The van der Waals surface area contributed by atoms with Gasteiger partial charge in [0.15, 0.2) is 0 Å². The second-order valence-corrected chi connectivity index (χ2v) is 7.58. The molecule has 4 nitrogen and oxygen atoms in total. The molecule has 2 N–H and O–H groups in total. The summed E-state index contributed by atoms with van der Waals surface area (Å²) in [5.41, 5.74) is 1.24. The van der Waals surface area contributed by atoms with E-state index in [1.165, 1.54) is 11.8 Å². The van der Waals surface area contributed by atoms with Gasteiger partial charge in [0.1, 0.15) is 0 Å². The Balaban J connectivity index is 0.00000256. The van der Waals surface area contributed by atoms with Crippen molar-refractivity contribution in [3.8, 4) is 0 Å². The standard InChI is InChI=1S/C9H15BrN2O2S2.ClH/c1-16(13,14)12-4-2-3-11-6-8-5-9(10)15-7-8;/h5,7,11-12H,2-4,6H2,1H3;1H. The van der Waals surface area contributed by atoms with Crippen molar-refractivity contribution in [1.82, 2.24) is 10.0 Å². The minimum absolute atomic E-state index is 0. The summed E-state index contributed by atoms with van der Waals surface area (Å²) < 4.78 is 25.1. The highest BCUT2D eigenvalue weighted by Crippen LogP contribution is 2.20. The summed E-state index contributed by atoms with van der Waals surface area (Å²) in [5.74, 6) is 0. The summed E-state index contributed by atoms with van der Waals surface area (Å²) in [6.45, 7) is 2.11. The molecule has 0 bridgehead atoms. The van der Waals surface area contributed by atoms with Crippen molar-refractivity contribution in [1.29, 1.82) is 0 Å². The molecule has 0 saturated heterocycles. The molecule has 0 aliphatic rings. The largest absolute Gasteiger partial charge is 0.313 e. The van der Waals surface area contributed by atoms with Gasteiger partial charge in [-0.1, -0.05) is 0 Å². The summed E-state index contributed by atoms with van der Waals surface area (Å²) in [7, 11) is -3.04. The van der Waals surface area contributed by atoms with Crippen molar-refractivity contribution in [2.45, 2.75) is 13.0 Å². The van der Waals surface area contributed by atoms with Gasteiger partial charge in [0.05, 0.1) is 10.0 Å². The molecule has 1 aromatic rings. The van der Waals surface area contributed by atoms with E-state index in [1.807, 2.05) is 0 Å². The van der Waals surface area contributed by atoms with E-state index in [0.717, 1.165) is 23.3 Å². The first kappa shape index (κ1) is 17.3. The van der Waals surface area contributed by atoms with Gasteiger partial charge in [0.2, 0.25) is 10.0 Å². The summed E-state index contributed by atoms with van der Waals surface area (Å²) in [6.07, 6.45) is 1.96. The molecule has 0 aliphatic heterocycles. The van der Waals surface area contributed by atoms with Crippen LogP contribution in [0, 0.1) is 0 Å². The quantitative estimate of drug-likeness (QED) is 0.728. The van der Waals surface area contributed by atoms with Gasteiger partial charge in [0.25, 0.3) is 0 Å². The molecule has 0 amide bonds. The predicted molar refractivity (Wildman–Crippen MR) is 78.4 cm³/mol. The van der Waals surface area contributed by atoms with Crippen LogP contribution in [0.3, 0.4) is 0 Å². The maximum absolute atomic E-state index is 10.8. The molecule has 100 valence electrons. The van der Waals surface area contributed by atoms with E-state index >= 15 is 0 Å². The molecule has 0 fully saturated rings. The highest BCUT2D eigenvalue weighted by Gasteiger charge is 1.99. The van der Waals surface area contributed by atoms with Gasteiger partial charge >= 0.3 is 0 Å². The lowest BCUT2D eigenvalue weighted by Crippen LogP contribution is -2.26. The highest BCUT2D eigenvalue weighted by atomic mass is 79.9. The maximum atomic E-state index is 10.8. The van der Waals surface area contributed by atoms with E-state index in [9.17, 15) is 8.42 Å². The molecular weight excluding hydrogens is 348 g/mol. The van der Waals surface area contributed by atoms with Crippen LogP contribution >= 0.6 is 39.7 Å². The van der Waals surface area contributed by atoms with Crippen LogP contribution in [0.2, 0.25) is 0 Å². The zero-order valence-electron chi connectivity index (χ0n) is 9.40. The van der Waals surface area contributed by atoms with Crippen LogP contribution in [0.1, 0.15) is 12.0 Å². The van der Waals surface area contributed by atoms with Gasteiger partial charge in [0, 0.05) is 13.1 Å². The number of sulfonamides is 1. The van der Waals surface area contributed by atoms with Crippen LogP contribution in [-0.4, -0.2) is 27.8 Å². The monoisotopic (exact) mass is 362 g/mol. The molecule has 0 saturated carbocycles. The van der Waals surface area contributed by atoms with E-state index < -0.39 is 10.0 Å². The van der Waals surface area contributed by atoms with Crippen molar-refractivity contribution in [3.05, 3.63) is 20.8 Å². The Morgan fingerprint density at radius 2 is 2.12 bits per heavy atom. The SMILES string of the molecule is CS(=O)(=O)NCCCNCc1csc(Br)c1.Cl. The molecule has 0 aliphatic carbocycles. The van der Waals surface area contributed by atoms with Crippen LogP contribution in [0.15, 0.2) is 15.2 Å². The van der Waals surface area contributed by atoms with Crippen LogP contribution in [0.5, 0.6) is 0 Å². The van der Waals surface area contributed by atoms with E-state index in [-0.39, 0.29) is 12.4 Å². The van der Waals surface area contributed by atoms with Gasteiger partial charge in [-0.2, -0.15) is 0 Å². The topological polar surface area (TPSA) is 58.2 Å². The van der Waals surface area contributed by atoms with E-state index in [2.05, 4.69) is 37.4 Å². The van der Waals surface area contributed by atoms with Gasteiger partial charge in [-0.15, -0.1) is 23.7 Å². The molecular formula is C9H16BrClN2O2S2. The molecule has 1 heterocycles. The molecule has 0 spiro atoms. The smallest absolute Gasteiger partial charge is 0.208 e. The van der Waals surface area contributed by atoms with Gasteiger partial charge < -0.3 is 5.32 Å². The van der Waals surface area contributed by atoms with Crippen molar-refractivity contribution in [3.63, 3.8) is 0 Å². The lowest BCUT2D eigenvalue weighted by Gasteiger charge is -2.03. The van der Waals surface area contributed by atoms with Crippen LogP contribution in [0.4, 0.5) is 0 Å². The third-order valence-corrected chi connectivity index (χ3v) is 4.13. The van der Waals surface area contributed by atoms with Crippen molar-refractivity contribution in [2.75, 3.05) is 19.3 Å². The molecule has 0 atom stereocenters. The van der Waals surface area contributed by atoms with E-state index in [0.29, 0.717) is 6.54 Å². The molecule has 0 radical (unpaired) electrons. The number of thiophene rings is 1. The summed E-state index contributed by atoms with van der Waals surface area (Å²) >= 11 is 5.06. The molecule has 1 aromatic heterocycles. The number of rotatable bonds is 7. The average Bonchev–Trinajstić information content (AvgIpc) is 2.56. The number of nitrogens with one attached hydrogen (secondary N) is 2. The molecule has 8 heteroatoms. The number of hydrogen-bond donors (Lipinski definition) is 2. The minimum atomic E-state index is -3.04. The van der Waals surface area contributed by atoms with Crippen molar-refractivity contribution < 1.29 is 8.42 Å². The number of halogens is 2. The van der Waals surface area contributed by atoms with Crippen LogP contribution in [-0.2, 0) is 16.6 Å². The fourth-order valence-corrected chi connectivity index (χ4v) is 2.87. The molecule has 1 rings (SSSR count). The Morgan fingerprint density at radius 3 is 2.65 bits per heavy atom. The molecule has 0 unspecified atom stereocenters. The summed E-state index contributed by atoms with van der Waals surface area (Å²) in [4.78, 5) is 0. The fraction of sp³-hybridized carbons (Fsp3) is 0.556. The Kier molecular flexibility index (Phi) is 8.61. The van der Waals surface area contributed by atoms with Gasteiger partial charge in [-0.25, -0.2) is 13.1 Å². The van der Waals surface area contributed by atoms with Crippen LogP contribution in [0.25, 0.3) is 0 Å². The second-order valence-electron chi connectivity index (χ2n) is 3.46. The average molecular weight is 364 g/mol. The Hall–Kier alpha value is 0.340. The third kappa shape index (κ3) is 8.98.